The number of rotatable bonds is 3. The number of hydrogen-bond donors (Lipinski definition) is 0. The second-order valence-electron chi connectivity index (χ2n) is 4.11. The summed E-state index contributed by atoms with van der Waals surface area (Å²) in [6, 6.07) is 14.7. The zero-order chi connectivity index (χ0) is 12.3. The second kappa shape index (κ2) is 5.57. The molecule has 0 fully saturated rings. The molecule has 2 aromatic carbocycles. The van der Waals surface area contributed by atoms with Gasteiger partial charge in [0, 0.05) is 11.8 Å². The Kier molecular flexibility index (Phi) is 4.09. The standard InChI is InChI=1S/C15H14Cl2/c1-11-8-13(10-17)4-7-15(11)14-5-2-12(9-16)3-6-14/h2-8H,9-10H2,1H3. The highest BCUT2D eigenvalue weighted by Crippen LogP contribution is 2.25. The normalized spacial score (nSPS) is 10.5. The number of benzene rings is 2. The maximum Gasteiger partial charge on any atom is 0.0474 e. The van der Waals surface area contributed by atoms with Crippen molar-refractivity contribution >= 4 is 23.2 Å². The van der Waals surface area contributed by atoms with E-state index in [1.807, 2.05) is 0 Å². The van der Waals surface area contributed by atoms with Gasteiger partial charge in [0.25, 0.3) is 0 Å². The number of aryl methyl sites for hydroxylation is 1. The van der Waals surface area contributed by atoms with Crippen molar-refractivity contribution in [2.45, 2.75) is 18.7 Å². The average molecular weight is 265 g/mol. The minimum Gasteiger partial charge on any atom is -0.122 e. The zero-order valence-electron chi connectivity index (χ0n) is 9.71. The molecule has 0 bridgehead atoms. The monoisotopic (exact) mass is 264 g/mol. The quantitative estimate of drug-likeness (QED) is 0.674. The van der Waals surface area contributed by atoms with E-state index >= 15 is 0 Å². The van der Waals surface area contributed by atoms with E-state index in [0.717, 1.165) is 11.1 Å². The van der Waals surface area contributed by atoms with E-state index in [1.165, 1.54) is 16.7 Å². The first-order chi connectivity index (χ1) is 8.24. The highest BCUT2D eigenvalue weighted by molar-refractivity contribution is 6.17. The lowest BCUT2D eigenvalue weighted by Crippen LogP contribution is -1.87. The molecule has 0 spiro atoms. The lowest BCUT2D eigenvalue weighted by Gasteiger charge is -2.08. The van der Waals surface area contributed by atoms with Gasteiger partial charge in [0.1, 0.15) is 0 Å². The van der Waals surface area contributed by atoms with Crippen LogP contribution in [-0.4, -0.2) is 0 Å². The molecule has 2 aromatic rings. The summed E-state index contributed by atoms with van der Waals surface area (Å²) < 4.78 is 0. The van der Waals surface area contributed by atoms with Crippen LogP contribution >= 0.6 is 23.2 Å². The van der Waals surface area contributed by atoms with Crippen molar-refractivity contribution in [3.63, 3.8) is 0 Å². The Balaban J connectivity index is 2.38. The van der Waals surface area contributed by atoms with E-state index in [-0.39, 0.29) is 0 Å². The van der Waals surface area contributed by atoms with Gasteiger partial charge in [-0.2, -0.15) is 0 Å². The number of hydrogen-bond acceptors (Lipinski definition) is 0. The molecule has 0 aliphatic carbocycles. The molecule has 2 heteroatoms. The van der Waals surface area contributed by atoms with Crippen LogP contribution in [0.2, 0.25) is 0 Å². The summed E-state index contributed by atoms with van der Waals surface area (Å²) in [4.78, 5) is 0. The Hall–Kier alpha value is -0.980. The first kappa shape index (κ1) is 12.5. The molecule has 0 aliphatic heterocycles. The summed E-state index contributed by atoms with van der Waals surface area (Å²) >= 11 is 11.6. The Labute approximate surface area is 112 Å². The van der Waals surface area contributed by atoms with Gasteiger partial charge in [-0.05, 0) is 34.7 Å². The van der Waals surface area contributed by atoms with Gasteiger partial charge < -0.3 is 0 Å². The van der Waals surface area contributed by atoms with Gasteiger partial charge in [-0.15, -0.1) is 23.2 Å². The Bertz CT molecular complexity index is 501. The Morgan fingerprint density at radius 3 is 1.94 bits per heavy atom. The van der Waals surface area contributed by atoms with Crippen molar-refractivity contribution in [3.8, 4) is 11.1 Å². The molecule has 88 valence electrons. The highest BCUT2D eigenvalue weighted by atomic mass is 35.5. The maximum absolute atomic E-state index is 5.82. The van der Waals surface area contributed by atoms with Crippen molar-refractivity contribution < 1.29 is 0 Å². The predicted octanol–water partition coefficient (Wildman–Crippen LogP) is 5.14. The van der Waals surface area contributed by atoms with E-state index in [9.17, 15) is 0 Å². The first-order valence-electron chi connectivity index (χ1n) is 5.55. The highest BCUT2D eigenvalue weighted by Gasteiger charge is 2.02. The summed E-state index contributed by atoms with van der Waals surface area (Å²) in [6.45, 7) is 2.11. The SMILES string of the molecule is Cc1cc(CCl)ccc1-c1ccc(CCl)cc1. The fourth-order valence-electron chi connectivity index (χ4n) is 1.91. The van der Waals surface area contributed by atoms with E-state index in [4.69, 9.17) is 23.2 Å². The number of halogens is 2. The molecular formula is C15H14Cl2. The summed E-state index contributed by atoms with van der Waals surface area (Å²) in [5.74, 6) is 1.12. The van der Waals surface area contributed by atoms with Gasteiger partial charge >= 0.3 is 0 Å². The summed E-state index contributed by atoms with van der Waals surface area (Å²) in [7, 11) is 0. The van der Waals surface area contributed by atoms with E-state index in [1.54, 1.807) is 0 Å². The van der Waals surface area contributed by atoms with Crippen LogP contribution in [0.25, 0.3) is 11.1 Å². The predicted molar refractivity (Wildman–Crippen MR) is 75.7 cm³/mol. The molecule has 17 heavy (non-hydrogen) atoms. The lowest BCUT2D eigenvalue weighted by molar-refractivity contribution is 1.34. The lowest BCUT2D eigenvalue weighted by atomic mass is 9.98. The van der Waals surface area contributed by atoms with Crippen LogP contribution in [0.3, 0.4) is 0 Å². The molecule has 0 N–H and O–H groups in total. The Morgan fingerprint density at radius 1 is 0.824 bits per heavy atom. The smallest absolute Gasteiger partial charge is 0.0474 e. The van der Waals surface area contributed by atoms with Crippen LogP contribution in [0.1, 0.15) is 16.7 Å². The largest absolute Gasteiger partial charge is 0.122 e. The molecule has 0 heterocycles. The molecule has 0 saturated carbocycles. The zero-order valence-corrected chi connectivity index (χ0v) is 11.2. The second-order valence-corrected chi connectivity index (χ2v) is 4.65. The van der Waals surface area contributed by atoms with Crippen LogP contribution in [0.5, 0.6) is 0 Å². The Morgan fingerprint density at radius 2 is 1.41 bits per heavy atom. The molecule has 0 amide bonds. The molecule has 0 aromatic heterocycles. The van der Waals surface area contributed by atoms with Crippen LogP contribution in [0.4, 0.5) is 0 Å². The van der Waals surface area contributed by atoms with Gasteiger partial charge in [0.2, 0.25) is 0 Å². The van der Waals surface area contributed by atoms with E-state index in [2.05, 4.69) is 49.4 Å². The van der Waals surface area contributed by atoms with E-state index in [0.29, 0.717) is 11.8 Å². The average Bonchev–Trinajstić information content (AvgIpc) is 2.39. The fraction of sp³-hybridized carbons (Fsp3) is 0.200. The van der Waals surface area contributed by atoms with Crippen molar-refractivity contribution in [1.82, 2.24) is 0 Å². The van der Waals surface area contributed by atoms with Crippen molar-refractivity contribution in [2.75, 3.05) is 0 Å². The van der Waals surface area contributed by atoms with Crippen molar-refractivity contribution in [1.29, 1.82) is 0 Å². The van der Waals surface area contributed by atoms with Crippen LogP contribution in [0, 0.1) is 6.92 Å². The molecular weight excluding hydrogens is 251 g/mol. The van der Waals surface area contributed by atoms with Gasteiger partial charge in [-0.1, -0.05) is 42.5 Å². The van der Waals surface area contributed by atoms with Gasteiger partial charge in [0.05, 0.1) is 0 Å². The van der Waals surface area contributed by atoms with Gasteiger partial charge in [-0.3, -0.25) is 0 Å². The fourth-order valence-corrected chi connectivity index (χ4v) is 2.25. The topological polar surface area (TPSA) is 0 Å². The van der Waals surface area contributed by atoms with Gasteiger partial charge in [-0.25, -0.2) is 0 Å². The maximum atomic E-state index is 5.82. The summed E-state index contributed by atoms with van der Waals surface area (Å²) in [5, 5.41) is 0. The van der Waals surface area contributed by atoms with Crippen LogP contribution < -0.4 is 0 Å². The molecule has 0 nitrogen and oxygen atoms in total. The molecule has 0 aliphatic rings. The molecule has 0 unspecified atom stereocenters. The van der Waals surface area contributed by atoms with E-state index < -0.39 is 0 Å². The molecule has 2 rings (SSSR count). The first-order valence-corrected chi connectivity index (χ1v) is 6.62. The van der Waals surface area contributed by atoms with Crippen LogP contribution in [-0.2, 0) is 11.8 Å². The third-order valence-corrected chi connectivity index (χ3v) is 3.48. The minimum atomic E-state index is 0.560. The van der Waals surface area contributed by atoms with Gasteiger partial charge in [0.15, 0.2) is 0 Å². The third kappa shape index (κ3) is 2.83. The molecule has 0 saturated heterocycles. The van der Waals surface area contributed by atoms with Crippen molar-refractivity contribution in [2.24, 2.45) is 0 Å². The minimum absolute atomic E-state index is 0.560. The number of alkyl halides is 2. The van der Waals surface area contributed by atoms with Crippen LogP contribution in [0.15, 0.2) is 42.5 Å². The molecule has 0 atom stereocenters. The third-order valence-electron chi connectivity index (χ3n) is 2.86. The van der Waals surface area contributed by atoms with Crippen molar-refractivity contribution in [3.05, 3.63) is 59.2 Å². The summed E-state index contributed by atoms with van der Waals surface area (Å²) in [6.07, 6.45) is 0. The molecule has 0 radical (unpaired) electrons. The summed E-state index contributed by atoms with van der Waals surface area (Å²) in [5.41, 5.74) is 6.02.